The summed E-state index contributed by atoms with van der Waals surface area (Å²) in [4.78, 5) is 4.68. The summed E-state index contributed by atoms with van der Waals surface area (Å²) in [6.45, 7) is 13.6. The molecule has 0 saturated carbocycles. The number of hydrogen-bond donors (Lipinski definition) is 0. The van der Waals surface area contributed by atoms with Gasteiger partial charge in [-0.15, -0.1) is 35.7 Å². The van der Waals surface area contributed by atoms with Crippen LogP contribution < -0.4 is 9.47 Å². The summed E-state index contributed by atoms with van der Waals surface area (Å²) in [7, 11) is 1.67. The molecule has 1 aliphatic carbocycles. The van der Waals surface area contributed by atoms with E-state index in [4.69, 9.17) is 14.6 Å². The first kappa shape index (κ1) is 33.7. The van der Waals surface area contributed by atoms with Crippen LogP contribution in [-0.2, 0) is 33.9 Å². The summed E-state index contributed by atoms with van der Waals surface area (Å²) < 4.78 is 16.3. The molecule has 1 unspecified atom stereocenters. The third kappa shape index (κ3) is 6.00. The van der Waals surface area contributed by atoms with E-state index < -0.39 is 0 Å². The zero-order valence-electron chi connectivity index (χ0n) is 28.7. The molecule has 0 N–H and O–H groups in total. The molecule has 0 saturated heterocycles. The third-order valence-corrected chi connectivity index (χ3v) is 9.59. The Morgan fingerprint density at radius 1 is 0.917 bits per heavy atom. The number of pyridine rings is 1. The van der Waals surface area contributed by atoms with Crippen LogP contribution in [0.25, 0.3) is 33.3 Å². The summed E-state index contributed by atoms with van der Waals surface area (Å²) in [5.41, 5.74) is 9.21. The van der Waals surface area contributed by atoms with Crippen LogP contribution in [0.4, 0.5) is 0 Å². The number of fused-ring (bicyclic) bond motifs is 3. The minimum atomic E-state index is 0. The zero-order chi connectivity index (χ0) is 32.8. The number of rotatable bonds is 8. The molecule has 248 valence electrons. The van der Waals surface area contributed by atoms with E-state index in [-0.39, 0.29) is 21.1 Å². The van der Waals surface area contributed by atoms with Gasteiger partial charge < -0.3 is 14.0 Å². The number of hydrogen-bond acceptors (Lipinski definition) is 4. The Kier molecular flexibility index (Phi) is 9.67. The molecule has 48 heavy (non-hydrogen) atoms. The van der Waals surface area contributed by atoms with Gasteiger partial charge in [-0.3, -0.25) is 4.68 Å². The van der Waals surface area contributed by atoms with Crippen molar-refractivity contribution in [2.24, 2.45) is 11.8 Å². The molecule has 7 heteroatoms. The Hall–Kier alpha value is -4.15. The van der Waals surface area contributed by atoms with Gasteiger partial charge in [0.25, 0.3) is 0 Å². The van der Waals surface area contributed by atoms with Crippen LogP contribution in [0.1, 0.15) is 69.5 Å². The van der Waals surface area contributed by atoms with Crippen molar-refractivity contribution in [2.45, 2.75) is 66.7 Å². The van der Waals surface area contributed by atoms with E-state index >= 15 is 0 Å². The van der Waals surface area contributed by atoms with Crippen molar-refractivity contribution >= 4 is 21.8 Å². The normalized spacial score (nSPS) is 17.7. The number of para-hydroxylation sites is 1. The summed E-state index contributed by atoms with van der Waals surface area (Å²) in [5, 5.41) is 7.42. The van der Waals surface area contributed by atoms with Crippen LogP contribution in [0, 0.1) is 30.9 Å². The Labute approximate surface area is 298 Å². The van der Waals surface area contributed by atoms with E-state index in [2.05, 4.69) is 104 Å². The van der Waals surface area contributed by atoms with Crippen molar-refractivity contribution in [1.82, 2.24) is 19.3 Å². The first-order valence-corrected chi connectivity index (χ1v) is 16.8. The fraction of sp³-hybridized carbons (Fsp3) is 0.317. The van der Waals surface area contributed by atoms with Gasteiger partial charge in [0, 0.05) is 46.5 Å². The van der Waals surface area contributed by atoms with Gasteiger partial charge in [0.2, 0.25) is 0 Å². The first-order chi connectivity index (χ1) is 22.8. The van der Waals surface area contributed by atoms with Crippen LogP contribution in [0.5, 0.6) is 17.2 Å². The van der Waals surface area contributed by atoms with Gasteiger partial charge in [0.15, 0.2) is 0 Å². The molecule has 3 aromatic carbocycles. The van der Waals surface area contributed by atoms with Gasteiger partial charge in [-0.1, -0.05) is 70.0 Å². The number of allylic oxidation sites excluding steroid dienone is 2. The van der Waals surface area contributed by atoms with E-state index in [9.17, 15) is 0 Å². The van der Waals surface area contributed by atoms with Gasteiger partial charge in [-0.25, -0.2) is 4.98 Å². The molecular weight excluding hydrogens is 776 g/mol. The zero-order valence-corrected chi connectivity index (χ0v) is 31.0. The molecule has 1 aliphatic rings. The molecule has 3 atom stereocenters. The smallest absolute Gasteiger partial charge is 0.509 e. The molecular formula is C41H42N4O2Pt. The standard InChI is InChI=1S/C41H42N4O2.Pt/c1-8-35-41(40-27(5)18-25(3)19-28(40)6)36(9-2)45(43-35)29-20-26(4)21-32(22-29)47-31-14-15-34-33-12-10-11-13-37(33)44(38(34)23-31)39-24-30(46-7)16-17-42-39;/h10-18,20-21,24-25,28,40H,8-9,19H2,1-7H3;/q-2;+2/t25-,28-,40?;/m0./s1. The fourth-order valence-electron chi connectivity index (χ4n) is 7.75. The summed E-state index contributed by atoms with van der Waals surface area (Å²) in [6, 6.07) is 27.5. The average Bonchev–Trinajstić information content (AvgIpc) is 3.59. The van der Waals surface area contributed by atoms with E-state index in [0.717, 1.165) is 57.5 Å². The van der Waals surface area contributed by atoms with E-state index in [1.807, 2.05) is 30.3 Å². The largest absolute Gasteiger partial charge is 2.00 e. The van der Waals surface area contributed by atoms with E-state index in [0.29, 0.717) is 29.3 Å². The number of ether oxygens (including phenoxy) is 2. The summed E-state index contributed by atoms with van der Waals surface area (Å²) >= 11 is 0. The molecule has 3 heterocycles. The molecule has 6 aromatic rings. The minimum Gasteiger partial charge on any atom is -0.509 e. The molecule has 0 fully saturated rings. The molecule has 0 amide bonds. The number of aryl methyl sites for hydroxylation is 2. The van der Waals surface area contributed by atoms with Crippen molar-refractivity contribution in [3.8, 4) is 28.8 Å². The van der Waals surface area contributed by atoms with Crippen LogP contribution in [-0.4, -0.2) is 26.4 Å². The van der Waals surface area contributed by atoms with Crippen LogP contribution in [0.3, 0.4) is 0 Å². The number of nitrogens with zero attached hydrogens (tertiary/aromatic N) is 4. The quantitative estimate of drug-likeness (QED) is 0.113. The molecule has 3 aromatic heterocycles. The SMILES string of the molecule is CCc1nn(-c2[c-]c(Oc3[c-]c4c(cc3)c3ccccc3n4-c3cc(OC)ccn3)cc(C)c2)c(CC)c1C1C(C)=C[C@H](C)C[C@@H]1C.[Pt+2]. The van der Waals surface area contributed by atoms with Crippen molar-refractivity contribution in [1.29, 1.82) is 0 Å². The number of benzene rings is 3. The van der Waals surface area contributed by atoms with Crippen molar-refractivity contribution < 1.29 is 30.5 Å². The van der Waals surface area contributed by atoms with Gasteiger partial charge in [-0.05, 0) is 61.2 Å². The third-order valence-electron chi connectivity index (χ3n) is 9.59. The van der Waals surface area contributed by atoms with E-state index in [1.165, 1.54) is 28.9 Å². The van der Waals surface area contributed by atoms with Crippen LogP contribution in [0.2, 0.25) is 0 Å². The second-order valence-electron chi connectivity index (χ2n) is 13.0. The molecule has 0 spiro atoms. The van der Waals surface area contributed by atoms with Crippen molar-refractivity contribution in [2.75, 3.05) is 7.11 Å². The average molecular weight is 818 g/mol. The van der Waals surface area contributed by atoms with Gasteiger partial charge in [0.05, 0.1) is 12.8 Å². The first-order valence-electron chi connectivity index (χ1n) is 16.8. The maximum absolute atomic E-state index is 6.54. The number of methoxy groups -OCH3 is 1. The predicted octanol–water partition coefficient (Wildman–Crippen LogP) is 9.90. The molecule has 7 rings (SSSR count). The molecule has 0 bridgehead atoms. The maximum Gasteiger partial charge on any atom is 2.00 e. The van der Waals surface area contributed by atoms with Gasteiger partial charge >= 0.3 is 21.1 Å². The Balaban J connectivity index is 0.00000401. The van der Waals surface area contributed by atoms with Crippen LogP contribution >= 0.6 is 0 Å². The van der Waals surface area contributed by atoms with Crippen LogP contribution in [0.15, 0.2) is 78.5 Å². The maximum atomic E-state index is 6.54. The summed E-state index contributed by atoms with van der Waals surface area (Å²) in [5.74, 6) is 4.30. The fourth-order valence-corrected chi connectivity index (χ4v) is 7.75. The van der Waals surface area contributed by atoms with Crippen molar-refractivity contribution in [3.05, 3.63) is 113 Å². The number of aromatic nitrogens is 4. The predicted molar refractivity (Wildman–Crippen MR) is 189 cm³/mol. The van der Waals surface area contributed by atoms with Gasteiger partial charge in [0.1, 0.15) is 11.6 Å². The second kappa shape index (κ2) is 13.8. The summed E-state index contributed by atoms with van der Waals surface area (Å²) in [6.07, 6.45) is 7.20. The van der Waals surface area contributed by atoms with E-state index in [1.54, 1.807) is 13.3 Å². The van der Waals surface area contributed by atoms with Gasteiger partial charge in [-0.2, -0.15) is 16.7 Å². The molecule has 0 radical (unpaired) electrons. The minimum absolute atomic E-state index is 0. The van der Waals surface area contributed by atoms with Crippen molar-refractivity contribution in [3.63, 3.8) is 0 Å². The molecule has 6 nitrogen and oxygen atoms in total. The Bertz CT molecular complexity index is 2140. The second-order valence-corrected chi connectivity index (χ2v) is 13.0. The Morgan fingerprint density at radius 2 is 1.73 bits per heavy atom. The monoisotopic (exact) mass is 817 g/mol. The topological polar surface area (TPSA) is 54.1 Å². The molecule has 0 aliphatic heterocycles. The Morgan fingerprint density at radius 3 is 2.48 bits per heavy atom.